The number of carbonyl (C=O) groups is 2. The van der Waals surface area contributed by atoms with Gasteiger partial charge in [0.2, 0.25) is 0 Å². The second-order valence-corrected chi connectivity index (χ2v) is 7.59. The molecule has 0 bridgehead atoms. The van der Waals surface area contributed by atoms with Crippen molar-refractivity contribution in [2.24, 2.45) is 5.10 Å². The molecule has 0 aliphatic heterocycles. The Morgan fingerprint density at radius 2 is 1.78 bits per heavy atom. The summed E-state index contributed by atoms with van der Waals surface area (Å²) in [6.07, 6.45) is 2.43. The number of rotatable bonds is 12. The van der Waals surface area contributed by atoms with Gasteiger partial charge in [-0.2, -0.15) is 5.10 Å². The number of hydrazone groups is 1. The highest BCUT2D eigenvalue weighted by Gasteiger charge is 2.14. The fourth-order valence-corrected chi connectivity index (χ4v) is 3.33. The SMILES string of the molecule is CCCOc1ccc(C(=O)N/N=C\c2cc(I)c(OCC(=O)OCC)c(OCC)c2)cc1. The minimum absolute atomic E-state index is 0.213. The monoisotopic (exact) mass is 554 g/mol. The van der Waals surface area contributed by atoms with Crippen LogP contribution < -0.4 is 19.6 Å². The number of esters is 1. The van der Waals surface area contributed by atoms with Crippen molar-refractivity contribution in [3.05, 3.63) is 51.1 Å². The number of nitrogens with one attached hydrogen (secondary N) is 1. The molecule has 0 fully saturated rings. The van der Waals surface area contributed by atoms with Crippen LogP contribution in [-0.2, 0) is 9.53 Å². The minimum atomic E-state index is -0.455. The number of carbonyl (C=O) groups excluding carboxylic acids is 2. The molecule has 0 radical (unpaired) electrons. The second-order valence-electron chi connectivity index (χ2n) is 6.43. The van der Waals surface area contributed by atoms with Crippen molar-refractivity contribution in [2.45, 2.75) is 27.2 Å². The molecule has 1 amide bonds. The highest BCUT2D eigenvalue weighted by Crippen LogP contribution is 2.34. The van der Waals surface area contributed by atoms with Gasteiger partial charge in [0, 0.05) is 5.56 Å². The molecule has 0 aliphatic rings. The summed E-state index contributed by atoms with van der Waals surface area (Å²) in [6.45, 7) is 6.73. The van der Waals surface area contributed by atoms with E-state index in [0.29, 0.717) is 35.8 Å². The van der Waals surface area contributed by atoms with E-state index in [-0.39, 0.29) is 19.1 Å². The number of halogens is 1. The predicted molar refractivity (Wildman–Crippen MR) is 130 cm³/mol. The second kappa shape index (κ2) is 13.6. The molecule has 0 spiro atoms. The molecule has 0 atom stereocenters. The lowest BCUT2D eigenvalue weighted by Crippen LogP contribution is -2.17. The van der Waals surface area contributed by atoms with Gasteiger partial charge in [0.1, 0.15) is 5.75 Å². The zero-order valence-corrected chi connectivity index (χ0v) is 20.5. The number of benzene rings is 2. The van der Waals surface area contributed by atoms with Gasteiger partial charge in [-0.3, -0.25) is 4.79 Å². The van der Waals surface area contributed by atoms with Gasteiger partial charge in [0.25, 0.3) is 5.91 Å². The molecule has 0 heterocycles. The third-order valence-electron chi connectivity index (χ3n) is 3.94. The molecule has 1 N–H and O–H groups in total. The molecule has 0 saturated heterocycles. The van der Waals surface area contributed by atoms with E-state index in [2.05, 4.69) is 33.1 Å². The molecule has 2 aromatic carbocycles. The molecular formula is C23H27IN2O6. The summed E-state index contributed by atoms with van der Waals surface area (Å²) in [5.41, 5.74) is 3.67. The Hall–Kier alpha value is -2.82. The van der Waals surface area contributed by atoms with E-state index in [4.69, 9.17) is 18.9 Å². The fourth-order valence-electron chi connectivity index (χ4n) is 2.55. The smallest absolute Gasteiger partial charge is 0.344 e. The third kappa shape index (κ3) is 8.03. The lowest BCUT2D eigenvalue weighted by atomic mass is 10.2. The van der Waals surface area contributed by atoms with Gasteiger partial charge < -0.3 is 18.9 Å². The Morgan fingerprint density at radius 1 is 1.03 bits per heavy atom. The van der Waals surface area contributed by atoms with Gasteiger partial charge in [-0.1, -0.05) is 6.92 Å². The molecule has 0 unspecified atom stereocenters. The first-order valence-electron chi connectivity index (χ1n) is 10.3. The Balaban J connectivity index is 2.04. The first-order valence-corrected chi connectivity index (χ1v) is 11.4. The Morgan fingerprint density at radius 3 is 2.44 bits per heavy atom. The maximum absolute atomic E-state index is 12.3. The largest absolute Gasteiger partial charge is 0.494 e. The Bertz CT molecular complexity index is 931. The molecule has 2 aromatic rings. The number of amides is 1. The topological polar surface area (TPSA) is 95.5 Å². The standard InChI is InChI=1S/C23H27IN2O6/c1-4-11-31-18-9-7-17(8-10-18)23(28)26-25-14-16-12-19(24)22(20(13-16)29-5-2)32-15-21(27)30-6-3/h7-10,12-14H,4-6,11,15H2,1-3H3,(H,26,28)/b25-14-. The van der Waals surface area contributed by atoms with E-state index < -0.39 is 5.97 Å². The molecular weight excluding hydrogens is 527 g/mol. The molecule has 9 heteroatoms. The van der Waals surface area contributed by atoms with E-state index >= 15 is 0 Å². The number of hydrogen-bond donors (Lipinski definition) is 1. The highest BCUT2D eigenvalue weighted by molar-refractivity contribution is 14.1. The summed E-state index contributed by atoms with van der Waals surface area (Å²) in [6, 6.07) is 10.4. The van der Waals surface area contributed by atoms with E-state index in [1.54, 1.807) is 43.3 Å². The van der Waals surface area contributed by atoms with Gasteiger partial charge in [-0.15, -0.1) is 0 Å². The average Bonchev–Trinajstić information content (AvgIpc) is 2.78. The van der Waals surface area contributed by atoms with Crippen molar-refractivity contribution < 1.29 is 28.5 Å². The van der Waals surface area contributed by atoms with E-state index in [1.165, 1.54) is 6.21 Å². The van der Waals surface area contributed by atoms with Crippen molar-refractivity contribution in [2.75, 3.05) is 26.4 Å². The quantitative estimate of drug-likeness (QED) is 0.183. The van der Waals surface area contributed by atoms with E-state index in [0.717, 1.165) is 15.7 Å². The number of hydrogen-bond acceptors (Lipinski definition) is 7. The first kappa shape index (κ1) is 25.4. The van der Waals surface area contributed by atoms with E-state index in [9.17, 15) is 9.59 Å². The normalized spacial score (nSPS) is 10.6. The summed E-state index contributed by atoms with van der Waals surface area (Å²) in [4.78, 5) is 23.9. The highest BCUT2D eigenvalue weighted by atomic mass is 127. The van der Waals surface area contributed by atoms with Gasteiger partial charge >= 0.3 is 5.97 Å². The van der Waals surface area contributed by atoms with Crippen LogP contribution in [0.25, 0.3) is 0 Å². The molecule has 32 heavy (non-hydrogen) atoms. The van der Waals surface area contributed by atoms with Crippen LogP contribution >= 0.6 is 22.6 Å². The summed E-state index contributed by atoms with van der Waals surface area (Å²) >= 11 is 2.09. The Labute approximate surface area is 201 Å². The van der Waals surface area contributed by atoms with E-state index in [1.807, 2.05) is 13.8 Å². The van der Waals surface area contributed by atoms with Crippen LogP contribution in [0.5, 0.6) is 17.2 Å². The average molecular weight is 554 g/mol. The summed E-state index contributed by atoms with van der Waals surface area (Å²) in [5, 5.41) is 4.03. The van der Waals surface area contributed by atoms with Crippen LogP contribution in [0.4, 0.5) is 0 Å². The first-order chi connectivity index (χ1) is 15.5. The van der Waals surface area contributed by atoms with Crippen LogP contribution in [0.1, 0.15) is 43.1 Å². The van der Waals surface area contributed by atoms with Crippen molar-refractivity contribution in [3.63, 3.8) is 0 Å². The molecule has 172 valence electrons. The van der Waals surface area contributed by atoms with Crippen LogP contribution in [0.15, 0.2) is 41.5 Å². The summed E-state index contributed by atoms with van der Waals surface area (Å²) in [5.74, 6) is 0.850. The van der Waals surface area contributed by atoms with Gasteiger partial charge in [-0.25, -0.2) is 10.2 Å². The van der Waals surface area contributed by atoms with Crippen LogP contribution in [0.3, 0.4) is 0 Å². The summed E-state index contributed by atoms with van der Waals surface area (Å²) < 4.78 is 22.4. The van der Waals surface area contributed by atoms with Gasteiger partial charge in [0.05, 0.1) is 29.6 Å². The van der Waals surface area contributed by atoms with Crippen LogP contribution in [0, 0.1) is 3.57 Å². The van der Waals surface area contributed by atoms with Crippen LogP contribution in [0.2, 0.25) is 0 Å². The maximum atomic E-state index is 12.3. The van der Waals surface area contributed by atoms with Gasteiger partial charge in [-0.05, 0) is 84.8 Å². The minimum Gasteiger partial charge on any atom is -0.494 e. The number of ether oxygens (including phenoxy) is 4. The maximum Gasteiger partial charge on any atom is 0.344 e. The predicted octanol–water partition coefficient (Wildman–Crippen LogP) is 4.18. The summed E-state index contributed by atoms with van der Waals surface area (Å²) in [7, 11) is 0. The molecule has 2 rings (SSSR count). The molecule has 0 saturated carbocycles. The van der Waals surface area contributed by atoms with Crippen molar-refractivity contribution in [1.82, 2.24) is 5.43 Å². The van der Waals surface area contributed by atoms with Crippen molar-refractivity contribution in [1.29, 1.82) is 0 Å². The lowest BCUT2D eigenvalue weighted by molar-refractivity contribution is -0.145. The Kier molecular flexibility index (Phi) is 10.8. The third-order valence-corrected chi connectivity index (χ3v) is 4.74. The molecule has 8 nitrogen and oxygen atoms in total. The zero-order valence-electron chi connectivity index (χ0n) is 18.4. The van der Waals surface area contributed by atoms with Gasteiger partial charge in [0.15, 0.2) is 18.1 Å². The zero-order chi connectivity index (χ0) is 23.3. The lowest BCUT2D eigenvalue weighted by Gasteiger charge is -2.14. The van der Waals surface area contributed by atoms with Crippen molar-refractivity contribution >= 4 is 40.7 Å². The molecule has 0 aromatic heterocycles. The molecule has 0 aliphatic carbocycles. The fraction of sp³-hybridized carbons (Fsp3) is 0.348. The van der Waals surface area contributed by atoms with Crippen LogP contribution in [-0.4, -0.2) is 44.5 Å². The number of nitrogens with zero attached hydrogens (tertiary/aromatic N) is 1. The van der Waals surface area contributed by atoms with Crippen molar-refractivity contribution in [3.8, 4) is 17.2 Å².